The SMILES string of the molecule is C=CCN(Cc1cccs1)C(=O)c1cccc(OCC(N)=O)c1. The highest BCUT2D eigenvalue weighted by Gasteiger charge is 2.16. The second kappa shape index (κ2) is 8.14. The number of carbonyl (C=O) groups is 2. The van der Waals surface area contributed by atoms with E-state index >= 15 is 0 Å². The van der Waals surface area contributed by atoms with E-state index in [1.807, 2.05) is 17.5 Å². The monoisotopic (exact) mass is 330 g/mol. The first kappa shape index (κ1) is 16.8. The van der Waals surface area contributed by atoms with Gasteiger partial charge >= 0.3 is 0 Å². The van der Waals surface area contributed by atoms with Gasteiger partial charge in [-0.2, -0.15) is 0 Å². The van der Waals surface area contributed by atoms with Crippen LogP contribution in [0.3, 0.4) is 0 Å². The van der Waals surface area contributed by atoms with Gasteiger partial charge in [-0.3, -0.25) is 9.59 Å². The molecule has 0 radical (unpaired) electrons. The molecule has 2 rings (SSSR count). The highest BCUT2D eigenvalue weighted by atomic mass is 32.1. The molecule has 6 heteroatoms. The van der Waals surface area contributed by atoms with Gasteiger partial charge in [0.05, 0.1) is 6.54 Å². The van der Waals surface area contributed by atoms with Gasteiger partial charge in [-0.1, -0.05) is 18.2 Å². The molecule has 0 saturated heterocycles. The van der Waals surface area contributed by atoms with Gasteiger partial charge in [-0.25, -0.2) is 0 Å². The average Bonchev–Trinajstić information content (AvgIpc) is 3.05. The van der Waals surface area contributed by atoms with Gasteiger partial charge in [0.1, 0.15) is 5.75 Å². The highest BCUT2D eigenvalue weighted by molar-refractivity contribution is 7.09. The van der Waals surface area contributed by atoms with Gasteiger partial charge in [-0.05, 0) is 29.6 Å². The van der Waals surface area contributed by atoms with Gasteiger partial charge in [0, 0.05) is 17.0 Å². The molecule has 5 nitrogen and oxygen atoms in total. The molecule has 0 aliphatic heterocycles. The van der Waals surface area contributed by atoms with Crippen molar-refractivity contribution in [2.45, 2.75) is 6.54 Å². The molecular weight excluding hydrogens is 312 g/mol. The summed E-state index contributed by atoms with van der Waals surface area (Å²) in [6, 6.07) is 10.6. The summed E-state index contributed by atoms with van der Waals surface area (Å²) in [5, 5.41) is 1.98. The van der Waals surface area contributed by atoms with Crippen molar-refractivity contribution in [1.82, 2.24) is 4.90 Å². The third-order valence-corrected chi connectivity index (χ3v) is 3.89. The van der Waals surface area contributed by atoms with E-state index < -0.39 is 5.91 Å². The summed E-state index contributed by atoms with van der Waals surface area (Å²) in [7, 11) is 0. The Hall–Kier alpha value is -2.60. The fraction of sp³-hybridized carbons (Fsp3) is 0.176. The smallest absolute Gasteiger partial charge is 0.255 e. The fourth-order valence-corrected chi connectivity index (χ4v) is 2.74. The lowest BCUT2D eigenvalue weighted by Gasteiger charge is -2.20. The fourth-order valence-electron chi connectivity index (χ4n) is 2.02. The standard InChI is InChI=1S/C17H18N2O3S/c1-2-8-19(11-15-7-4-9-23-15)17(21)13-5-3-6-14(10-13)22-12-16(18)20/h2-7,9-10H,1,8,11-12H2,(H2,18,20). The largest absolute Gasteiger partial charge is 0.484 e. The Labute approximate surface area is 139 Å². The average molecular weight is 330 g/mol. The number of carbonyl (C=O) groups excluding carboxylic acids is 2. The highest BCUT2D eigenvalue weighted by Crippen LogP contribution is 2.18. The Morgan fingerprint density at radius 3 is 2.78 bits per heavy atom. The summed E-state index contributed by atoms with van der Waals surface area (Å²) >= 11 is 1.60. The number of nitrogens with two attached hydrogens (primary N) is 1. The van der Waals surface area contributed by atoms with E-state index in [0.29, 0.717) is 24.4 Å². The number of thiophene rings is 1. The van der Waals surface area contributed by atoms with Gasteiger partial charge in [0.25, 0.3) is 11.8 Å². The number of rotatable bonds is 8. The lowest BCUT2D eigenvalue weighted by molar-refractivity contribution is -0.119. The van der Waals surface area contributed by atoms with Crippen LogP contribution in [0.15, 0.2) is 54.4 Å². The molecule has 2 N–H and O–H groups in total. The van der Waals surface area contributed by atoms with E-state index in [4.69, 9.17) is 10.5 Å². The maximum Gasteiger partial charge on any atom is 0.255 e. The molecule has 1 aromatic heterocycles. The Bertz CT molecular complexity index is 683. The summed E-state index contributed by atoms with van der Waals surface area (Å²) in [6.07, 6.45) is 1.69. The molecule has 23 heavy (non-hydrogen) atoms. The van der Waals surface area contributed by atoms with Crippen molar-refractivity contribution in [3.8, 4) is 5.75 Å². The molecule has 2 aromatic rings. The van der Waals surface area contributed by atoms with Crippen molar-refractivity contribution in [2.75, 3.05) is 13.2 Å². The molecule has 0 fully saturated rings. The Morgan fingerprint density at radius 2 is 2.13 bits per heavy atom. The van der Waals surface area contributed by atoms with Gasteiger partial charge in [0.15, 0.2) is 6.61 Å². The normalized spacial score (nSPS) is 10.1. The van der Waals surface area contributed by atoms with E-state index in [9.17, 15) is 9.59 Å². The van der Waals surface area contributed by atoms with Crippen LogP contribution in [0.4, 0.5) is 0 Å². The summed E-state index contributed by atoms with van der Waals surface area (Å²) in [4.78, 5) is 26.3. The lowest BCUT2D eigenvalue weighted by atomic mass is 10.2. The van der Waals surface area contributed by atoms with E-state index in [1.54, 1.807) is 46.6 Å². The second-order valence-corrected chi connectivity index (χ2v) is 5.87. The van der Waals surface area contributed by atoms with Crippen LogP contribution >= 0.6 is 11.3 Å². The topological polar surface area (TPSA) is 72.6 Å². The molecular formula is C17H18N2O3S. The van der Waals surface area contributed by atoms with Crippen LogP contribution in [0.5, 0.6) is 5.75 Å². The van der Waals surface area contributed by atoms with Crippen molar-refractivity contribution in [2.24, 2.45) is 5.73 Å². The van der Waals surface area contributed by atoms with Crippen LogP contribution in [0, 0.1) is 0 Å². The van der Waals surface area contributed by atoms with Crippen molar-refractivity contribution in [1.29, 1.82) is 0 Å². The number of amides is 2. The minimum Gasteiger partial charge on any atom is -0.484 e. The van der Waals surface area contributed by atoms with E-state index in [-0.39, 0.29) is 12.5 Å². The maximum atomic E-state index is 12.7. The van der Waals surface area contributed by atoms with Crippen LogP contribution < -0.4 is 10.5 Å². The van der Waals surface area contributed by atoms with E-state index in [1.165, 1.54) is 0 Å². The number of hydrogen-bond donors (Lipinski definition) is 1. The van der Waals surface area contributed by atoms with Crippen LogP contribution in [-0.2, 0) is 11.3 Å². The van der Waals surface area contributed by atoms with Crippen molar-refractivity contribution in [3.05, 3.63) is 64.9 Å². The lowest BCUT2D eigenvalue weighted by Crippen LogP contribution is -2.30. The van der Waals surface area contributed by atoms with Crippen molar-refractivity contribution in [3.63, 3.8) is 0 Å². The molecule has 120 valence electrons. The first-order chi connectivity index (χ1) is 11.1. The molecule has 0 aliphatic carbocycles. The first-order valence-corrected chi connectivity index (χ1v) is 7.92. The third-order valence-electron chi connectivity index (χ3n) is 3.03. The summed E-state index contributed by atoms with van der Waals surface area (Å²) in [5.41, 5.74) is 5.54. The number of nitrogens with zero attached hydrogens (tertiary/aromatic N) is 1. The number of primary amides is 1. The third kappa shape index (κ3) is 4.96. The quantitative estimate of drug-likeness (QED) is 0.756. The minimum absolute atomic E-state index is 0.122. The first-order valence-electron chi connectivity index (χ1n) is 7.04. The molecule has 0 spiro atoms. The predicted octanol–water partition coefficient (Wildman–Crippen LogP) is 2.44. The zero-order valence-electron chi connectivity index (χ0n) is 12.6. The van der Waals surface area contributed by atoms with Crippen molar-refractivity contribution < 1.29 is 14.3 Å². The van der Waals surface area contributed by atoms with E-state index in [0.717, 1.165) is 4.88 Å². The van der Waals surface area contributed by atoms with E-state index in [2.05, 4.69) is 6.58 Å². The second-order valence-electron chi connectivity index (χ2n) is 4.84. The number of ether oxygens (including phenoxy) is 1. The minimum atomic E-state index is -0.562. The summed E-state index contributed by atoms with van der Waals surface area (Å²) < 4.78 is 5.24. The molecule has 0 unspecified atom stereocenters. The molecule has 0 aliphatic rings. The van der Waals surface area contributed by atoms with Crippen molar-refractivity contribution >= 4 is 23.2 Å². The maximum absolute atomic E-state index is 12.7. The molecule has 0 bridgehead atoms. The van der Waals surface area contributed by atoms with Gasteiger partial charge in [-0.15, -0.1) is 17.9 Å². The Morgan fingerprint density at radius 1 is 1.30 bits per heavy atom. The number of benzene rings is 1. The van der Waals surface area contributed by atoms with Crippen LogP contribution in [0.2, 0.25) is 0 Å². The van der Waals surface area contributed by atoms with Gasteiger partial charge < -0.3 is 15.4 Å². The Balaban J connectivity index is 2.13. The summed E-state index contributed by atoms with van der Waals surface area (Å²) in [6.45, 7) is 4.46. The zero-order valence-corrected chi connectivity index (χ0v) is 13.4. The van der Waals surface area contributed by atoms with Crippen LogP contribution in [-0.4, -0.2) is 29.9 Å². The van der Waals surface area contributed by atoms with Crippen LogP contribution in [0.25, 0.3) is 0 Å². The zero-order chi connectivity index (χ0) is 16.7. The predicted molar refractivity (Wildman–Crippen MR) is 90.4 cm³/mol. The molecule has 1 heterocycles. The molecule has 1 aromatic carbocycles. The Kier molecular flexibility index (Phi) is 5.94. The summed E-state index contributed by atoms with van der Waals surface area (Å²) in [5.74, 6) is -0.250. The number of hydrogen-bond acceptors (Lipinski definition) is 4. The van der Waals surface area contributed by atoms with Gasteiger partial charge in [0.2, 0.25) is 0 Å². The molecule has 0 atom stereocenters. The molecule has 0 saturated carbocycles. The molecule has 2 amide bonds. The van der Waals surface area contributed by atoms with Crippen LogP contribution in [0.1, 0.15) is 15.2 Å².